The molecule has 1 heterocycles. The highest BCUT2D eigenvalue weighted by molar-refractivity contribution is 5.38. The van der Waals surface area contributed by atoms with E-state index in [2.05, 4.69) is 37.5 Å². The number of halogens is 2. The van der Waals surface area contributed by atoms with Crippen LogP contribution in [-0.2, 0) is 4.74 Å². The molecule has 0 spiro atoms. The molecule has 2 N–H and O–H groups in total. The fraction of sp³-hybridized carbons (Fsp3) is 0.778. The van der Waals surface area contributed by atoms with E-state index in [9.17, 15) is 19.0 Å². The Morgan fingerprint density at radius 2 is 2.06 bits per heavy atom. The minimum Gasteiger partial charge on any atom is -0.393 e. The van der Waals surface area contributed by atoms with Crippen molar-refractivity contribution in [2.75, 3.05) is 26.2 Å². The smallest absolute Gasteiger partial charge is 0.265 e. The fourth-order valence-corrected chi connectivity index (χ4v) is 7.26. The van der Waals surface area contributed by atoms with Crippen molar-refractivity contribution >= 4 is 0 Å². The van der Waals surface area contributed by atoms with Gasteiger partial charge < -0.3 is 14.9 Å². The molecule has 3 saturated carbocycles. The number of hydrogen-bond donors (Lipinski definition) is 2. The summed E-state index contributed by atoms with van der Waals surface area (Å²) < 4.78 is 31.5. The lowest BCUT2D eigenvalue weighted by Gasteiger charge is -2.45. The first kappa shape index (κ1) is 25.0. The maximum atomic E-state index is 13.1. The monoisotopic (exact) mass is 465 g/mol. The molecule has 0 aromatic carbocycles. The number of rotatable bonds is 5. The second-order valence-electron chi connectivity index (χ2n) is 11.1. The molecule has 6 heteroatoms. The van der Waals surface area contributed by atoms with Crippen LogP contribution in [0.4, 0.5) is 8.78 Å². The molecule has 7 atom stereocenters. The van der Waals surface area contributed by atoms with Crippen LogP contribution in [0.3, 0.4) is 0 Å². The zero-order chi connectivity index (χ0) is 23.8. The normalized spacial score (nSPS) is 41.7. The summed E-state index contributed by atoms with van der Waals surface area (Å²) in [6.45, 7) is 11.1. The molecule has 1 aliphatic heterocycles. The molecule has 4 nitrogen and oxygen atoms in total. The lowest BCUT2D eigenvalue weighted by molar-refractivity contribution is -0.106. The highest BCUT2D eigenvalue weighted by atomic mass is 19.3. The van der Waals surface area contributed by atoms with E-state index >= 15 is 0 Å². The van der Waals surface area contributed by atoms with Crippen LogP contribution >= 0.6 is 0 Å². The fourth-order valence-electron chi connectivity index (χ4n) is 7.26. The predicted molar refractivity (Wildman–Crippen MR) is 126 cm³/mol. The molecular weight excluding hydrogens is 424 g/mol. The highest BCUT2D eigenvalue weighted by Crippen LogP contribution is 2.59. The molecule has 0 aromatic heterocycles. The number of nitrogens with zero attached hydrogens (tertiary/aromatic N) is 1. The van der Waals surface area contributed by atoms with Gasteiger partial charge in [-0.15, -0.1) is 0 Å². The van der Waals surface area contributed by atoms with E-state index in [1.165, 1.54) is 31.3 Å². The second kappa shape index (κ2) is 10.3. The van der Waals surface area contributed by atoms with Crippen molar-refractivity contribution in [2.24, 2.45) is 23.2 Å². The zero-order valence-electron chi connectivity index (χ0n) is 20.2. The number of aliphatic hydroxyl groups excluding tert-OH is 2. The van der Waals surface area contributed by atoms with E-state index in [-0.39, 0.29) is 5.41 Å². The van der Waals surface area contributed by atoms with Crippen molar-refractivity contribution < 1.29 is 23.7 Å². The van der Waals surface area contributed by atoms with Gasteiger partial charge in [-0.3, -0.25) is 4.90 Å². The summed E-state index contributed by atoms with van der Waals surface area (Å²) in [5.74, 6) is 1.58. The van der Waals surface area contributed by atoms with Gasteiger partial charge in [-0.2, -0.15) is 0 Å². The van der Waals surface area contributed by atoms with Gasteiger partial charge in [-0.05, 0) is 72.8 Å². The van der Waals surface area contributed by atoms with Crippen molar-refractivity contribution in [2.45, 2.75) is 83.5 Å². The summed E-state index contributed by atoms with van der Waals surface area (Å²) >= 11 is 0. The quantitative estimate of drug-likeness (QED) is 0.616. The van der Waals surface area contributed by atoms with Crippen molar-refractivity contribution in [3.63, 3.8) is 0 Å². The molecule has 0 amide bonds. The van der Waals surface area contributed by atoms with E-state index < -0.39 is 24.7 Å². The lowest BCUT2D eigenvalue weighted by Crippen LogP contribution is -2.48. The number of allylic oxidation sites excluding steroid dienone is 3. The standard InChI is InChI=1S/C27H41F2NO3/c1-17(15-30-11-12-33-25(16-30)26(28)29)22-8-9-23-19(5-4-10-27(22,23)3)6-7-20-13-21(31)14-24(32)18(20)2/h6-7,17,21-26,31-32H,2,4-5,8-16H2,1,3H3/b19-6+,20-7-/t17-,21?,22-,23+,24?,25+,27-/m1/s1. The van der Waals surface area contributed by atoms with Crippen LogP contribution in [0, 0.1) is 23.2 Å². The summed E-state index contributed by atoms with van der Waals surface area (Å²) in [5.41, 5.74) is 3.42. The summed E-state index contributed by atoms with van der Waals surface area (Å²) in [6.07, 6.45) is 6.57. The van der Waals surface area contributed by atoms with Gasteiger partial charge in [-0.25, -0.2) is 8.78 Å². The summed E-state index contributed by atoms with van der Waals surface area (Å²) in [4.78, 5) is 2.18. The topological polar surface area (TPSA) is 52.9 Å². The van der Waals surface area contributed by atoms with Gasteiger partial charge in [0, 0.05) is 26.1 Å². The Bertz CT molecular complexity index is 781. The third-order valence-electron chi connectivity index (χ3n) is 8.99. The Morgan fingerprint density at radius 1 is 1.27 bits per heavy atom. The number of morpholine rings is 1. The minimum absolute atomic E-state index is 0.235. The molecular formula is C27H41F2NO3. The van der Waals surface area contributed by atoms with Crippen LogP contribution in [-0.4, -0.2) is 66.1 Å². The Hall–Kier alpha value is -1.08. The van der Waals surface area contributed by atoms with Crippen molar-refractivity contribution in [3.8, 4) is 0 Å². The van der Waals surface area contributed by atoms with Gasteiger partial charge in [0.1, 0.15) is 6.10 Å². The van der Waals surface area contributed by atoms with Crippen molar-refractivity contribution in [1.82, 2.24) is 4.90 Å². The van der Waals surface area contributed by atoms with Crippen LogP contribution < -0.4 is 0 Å². The summed E-state index contributed by atoms with van der Waals surface area (Å²) in [6, 6.07) is 0. The minimum atomic E-state index is -2.42. The van der Waals surface area contributed by atoms with E-state index in [1.54, 1.807) is 0 Å². The van der Waals surface area contributed by atoms with Crippen molar-refractivity contribution in [3.05, 3.63) is 35.5 Å². The van der Waals surface area contributed by atoms with Crippen LogP contribution in [0.15, 0.2) is 35.5 Å². The highest BCUT2D eigenvalue weighted by Gasteiger charge is 2.50. The van der Waals surface area contributed by atoms with Crippen LogP contribution in [0.2, 0.25) is 0 Å². The predicted octanol–water partition coefficient (Wildman–Crippen LogP) is 4.73. The van der Waals surface area contributed by atoms with E-state index in [0.717, 1.165) is 30.7 Å². The van der Waals surface area contributed by atoms with Crippen LogP contribution in [0.1, 0.15) is 58.8 Å². The van der Waals surface area contributed by atoms with Crippen LogP contribution in [0.25, 0.3) is 0 Å². The number of alkyl halides is 2. The Labute approximate surface area is 197 Å². The number of fused-ring (bicyclic) bond motifs is 1. The molecule has 4 rings (SSSR count). The molecule has 186 valence electrons. The Balaban J connectivity index is 1.44. The zero-order valence-corrected chi connectivity index (χ0v) is 20.2. The van der Waals surface area contributed by atoms with Gasteiger partial charge in [0.2, 0.25) is 0 Å². The average Bonchev–Trinajstić information content (AvgIpc) is 3.13. The Kier molecular flexibility index (Phi) is 7.79. The molecule has 4 fully saturated rings. The Morgan fingerprint density at radius 3 is 2.82 bits per heavy atom. The van der Waals surface area contributed by atoms with Gasteiger partial charge >= 0.3 is 0 Å². The van der Waals surface area contributed by atoms with E-state index in [1.807, 2.05) is 0 Å². The van der Waals surface area contributed by atoms with Gasteiger partial charge in [0.05, 0.1) is 18.8 Å². The molecule has 0 aromatic rings. The molecule has 33 heavy (non-hydrogen) atoms. The maximum absolute atomic E-state index is 13.1. The van der Waals surface area contributed by atoms with Crippen molar-refractivity contribution in [1.29, 1.82) is 0 Å². The number of hydrogen-bond acceptors (Lipinski definition) is 4. The molecule has 0 bridgehead atoms. The molecule has 2 unspecified atom stereocenters. The third-order valence-corrected chi connectivity index (χ3v) is 8.99. The summed E-state index contributed by atoms with van der Waals surface area (Å²) in [7, 11) is 0. The SMILES string of the molecule is C=C1/C(=C\C=C2/CCC[C@]3(C)[C@@H]([C@H](C)CN4CCO[C@H](C(F)F)C4)CC[C@@H]23)CC(O)CC1O. The molecule has 0 radical (unpaired) electrons. The van der Waals surface area contributed by atoms with Crippen LogP contribution in [0.5, 0.6) is 0 Å². The number of aliphatic hydroxyl groups is 2. The van der Waals surface area contributed by atoms with Gasteiger partial charge in [0.25, 0.3) is 6.43 Å². The first-order valence-corrected chi connectivity index (χ1v) is 12.8. The second-order valence-corrected chi connectivity index (χ2v) is 11.1. The lowest BCUT2D eigenvalue weighted by atomic mass is 9.61. The maximum Gasteiger partial charge on any atom is 0.265 e. The first-order valence-electron chi connectivity index (χ1n) is 12.8. The number of ether oxygens (including phenoxy) is 1. The third kappa shape index (κ3) is 5.29. The largest absolute Gasteiger partial charge is 0.393 e. The average molecular weight is 466 g/mol. The summed E-state index contributed by atoms with van der Waals surface area (Å²) in [5, 5.41) is 20.2. The van der Waals surface area contributed by atoms with Gasteiger partial charge in [0.15, 0.2) is 0 Å². The molecule has 3 aliphatic carbocycles. The van der Waals surface area contributed by atoms with E-state index in [4.69, 9.17) is 4.74 Å². The molecule has 4 aliphatic rings. The molecule has 1 saturated heterocycles. The first-order chi connectivity index (χ1) is 15.7. The van der Waals surface area contributed by atoms with Gasteiger partial charge in [-0.1, -0.05) is 38.2 Å². The van der Waals surface area contributed by atoms with E-state index in [0.29, 0.717) is 43.7 Å².